The average molecular weight is 387 g/mol. The van der Waals surface area contributed by atoms with Crippen molar-refractivity contribution in [2.24, 2.45) is 23.3 Å². The molecule has 6 atom stereocenters. The minimum atomic E-state index is -1.63. The standard InChI is InChI=1S/C18H31N2O7/c1-6-10(3)15(19)17(23)26-12(8-14(22)25-5)13(9-21)27-18(24)16(20)11(4)7-2/h10-13,15-16H,6-8,19-20H2,1-5H3. The summed E-state index contributed by atoms with van der Waals surface area (Å²) in [6.45, 7) is 7.21. The Balaban J connectivity index is 5.32. The molecule has 0 aromatic rings. The topological polar surface area (TPSA) is 148 Å². The molecule has 0 rings (SSSR count). The molecule has 0 amide bonds. The van der Waals surface area contributed by atoms with Crippen molar-refractivity contribution in [1.29, 1.82) is 0 Å². The highest BCUT2D eigenvalue weighted by atomic mass is 16.6. The maximum atomic E-state index is 12.2. The highest BCUT2D eigenvalue weighted by Gasteiger charge is 2.35. The first-order valence-electron chi connectivity index (χ1n) is 8.99. The molecule has 0 aliphatic heterocycles. The van der Waals surface area contributed by atoms with Gasteiger partial charge in [-0.2, -0.15) is 0 Å². The number of hydrogen-bond donors (Lipinski definition) is 2. The molecule has 9 nitrogen and oxygen atoms in total. The normalized spacial score (nSPS) is 17.6. The molecule has 155 valence electrons. The lowest BCUT2D eigenvalue weighted by Gasteiger charge is -2.26. The van der Waals surface area contributed by atoms with Crippen LogP contribution in [0.2, 0.25) is 0 Å². The highest BCUT2D eigenvalue weighted by Crippen LogP contribution is 2.15. The van der Waals surface area contributed by atoms with Crippen molar-refractivity contribution in [2.45, 2.75) is 71.2 Å². The van der Waals surface area contributed by atoms with Crippen molar-refractivity contribution in [1.82, 2.24) is 0 Å². The zero-order valence-corrected chi connectivity index (χ0v) is 16.6. The third-order valence-electron chi connectivity index (χ3n) is 4.62. The third kappa shape index (κ3) is 8.04. The molecule has 0 aromatic heterocycles. The molecule has 4 N–H and O–H groups in total. The van der Waals surface area contributed by atoms with E-state index >= 15 is 0 Å². The first-order valence-corrected chi connectivity index (χ1v) is 8.99. The van der Waals surface area contributed by atoms with Gasteiger partial charge in [0.15, 0.2) is 6.10 Å². The van der Waals surface area contributed by atoms with Crippen LogP contribution in [0.4, 0.5) is 0 Å². The summed E-state index contributed by atoms with van der Waals surface area (Å²) in [6.07, 6.45) is -0.802. The number of ether oxygens (including phenoxy) is 3. The van der Waals surface area contributed by atoms with Gasteiger partial charge in [0.1, 0.15) is 12.1 Å². The van der Waals surface area contributed by atoms with Crippen LogP contribution in [0.3, 0.4) is 0 Å². The Morgan fingerprint density at radius 3 is 1.74 bits per heavy atom. The molecular weight excluding hydrogens is 356 g/mol. The summed E-state index contributed by atoms with van der Waals surface area (Å²) in [5.74, 6) is -2.80. The fourth-order valence-electron chi connectivity index (χ4n) is 2.04. The maximum Gasteiger partial charge on any atom is 0.324 e. The number of esters is 3. The van der Waals surface area contributed by atoms with E-state index in [-0.39, 0.29) is 11.8 Å². The fraction of sp³-hybridized carbons (Fsp3) is 0.778. The van der Waals surface area contributed by atoms with Crippen molar-refractivity contribution in [2.75, 3.05) is 7.11 Å². The summed E-state index contributed by atoms with van der Waals surface area (Å²) < 4.78 is 14.8. The van der Waals surface area contributed by atoms with Gasteiger partial charge in [0, 0.05) is 0 Å². The zero-order valence-electron chi connectivity index (χ0n) is 16.6. The van der Waals surface area contributed by atoms with Crippen LogP contribution in [0.5, 0.6) is 0 Å². The van der Waals surface area contributed by atoms with Gasteiger partial charge in [-0.05, 0) is 11.8 Å². The van der Waals surface area contributed by atoms with Crippen LogP contribution in [0.15, 0.2) is 0 Å². The van der Waals surface area contributed by atoms with Gasteiger partial charge in [0.05, 0.1) is 13.5 Å². The largest absolute Gasteiger partial charge is 0.469 e. The molecular formula is C18H31N2O7. The van der Waals surface area contributed by atoms with Gasteiger partial charge in [-0.3, -0.25) is 19.2 Å². The molecule has 27 heavy (non-hydrogen) atoms. The summed E-state index contributed by atoms with van der Waals surface area (Å²) in [5.41, 5.74) is 11.6. The van der Waals surface area contributed by atoms with Crippen LogP contribution in [0.25, 0.3) is 0 Å². The van der Waals surface area contributed by atoms with E-state index in [0.717, 1.165) is 7.11 Å². The molecule has 0 fully saturated rings. The van der Waals surface area contributed by atoms with Crippen LogP contribution in [-0.2, 0) is 33.4 Å². The van der Waals surface area contributed by atoms with Crippen molar-refractivity contribution in [3.63, 3.8) is 0 Å². The van der Waals surface area contributed by atoms with Gasteiger partial charge in [0.25, 0.3) is 0 Å². The van der Waals surface area contributed by atoms with Crippen molar-refractivity contribution < 1.29 is 33.4 Å². The van der Waals surface area contributed by atoms with Crippen LogP contribution < -0.4 is 11.5 Å². The predicted molar refractivity (Wildman–Crippen MR) is 96.9 cm³/mol. The molecule has 0 saturated carbocycles. The Morgan fingerprint density at radius 2 is 1.37 bits per heavy atom. The van der Waals surface area contributed by atoms with Crippen LogP contribution >= 0.6 is 0 Å². The van der Waals surface area contributed by atoms with Gasteiger partial charge in [-0.1, -0.05) is 40.5 Å². The second-order valence-corrected chi connectivity index (χ2v) is 6.55. The number of nitrogens with two attached hydrogens (primary N) is 2. The average Bonchev–Trinajstić information content (AvgIpc) is 2.68. The fourth-order valence-corrected chi connectivity index (χ4v) is 2.04. The van der Waals surface area contributed by atoms with E-state index in [0.29, 0.717) is 12.8 Å². The summed E-state index contributed by atoms with van der Waals surface area (Å²) >= 11 is 0. The zero-order chi connectivity index (χ0) is 21.1. The minimum absolute atomic E-state index is 0.184. The van der Waals surface area contributed by atoms with Gasteiger partial charge in [-0.25, -0.2) is 0 Å². The first-order chi connectivity index (χ1) is 12.6. The monoisotopic (exact) mass is 387 g/mol. The van der Waals surface area contributed by atoms with Crippen LogP contribution in [0, 0.1) is 11.8 Å². The number of hydrogen-bond acceptors (Lipinski definition) is 9. The Bertz CT molecular complexity index is 512. The van der Waals surface area contributed by atoms with Gasteiger partial charge in [-0.15, -0.1) is 0 Å². The van der Waals surface area contributed by atoms with E-state index in [1.165, 1.54) is 6.29 Å². The molecule has 9 heteroatoms. The summed E-state index contributed by atoms with van der Waals surface area (Å²) in [6, 6.07) is -1.93. The Hall–Kier alpha value is -2.00. The second-order valence-electron chi connectivity index (χ2n) is 6.55. The van der Waals surface area contributed by atoms with Crippen LogP contribution in [0.1, 0.15) is 47.0 Å². The minimum Gasteiger partial charge on any atom is -0.469 e. The van der Waals surface area contributed by atoms with Crippen molar-refractivity contribution in [3.05, 3.63) is 0 Å². The van der Waals surface area contributed by atoms with Gasteiger partial charge in [0.2, 0.25) is 12.4 Å². The van der Waals surface area contributed by atoms with E-state index in [1.54, 1.807) is 13.8 Å². The number of methoxy groups -OCH3 is 1. The van der Waals surface area contributed by atoms with E-state index < -0.39 is 48.6 Å². The van der Waals surface area contributed by atoms with E-state index in [4.69, 9.17) is 20.9 Å². The Morgan fingerprint density at radius 1 is 0.926 bits per heavy atom. The van der Waals surface area contributed by atoms with E-state index in [2.05, 4.69) is 4.74 Å². The lowest BCUT2D eigenvalue weighted by Crippen LogP contribution is -2.47. The smallest absolute Gasteiger partial charge is 0.324 e. The Labute approximate surface area is 160 Å². The maximum absolute atomic E-state index is 12.2. The molecule has 0 bridgehead atoms. The lowest BCUT2D eigenvalue weighted by atomic mass is 10.00. The molecule has 0 aliphatic rings. The molecule has 0 heterocycles. The van der Waals surface area contributed by atoms with E-state index in [1.807, 2.05) is 13.8 Å². The molecule has 0 aliphatic carbocycles. The molecule has 0 spiro atoms. The molecule has 6 unspecified atom stereocenters. The number of carbonyl (C=O) groups is 3. The van der Waals surface area contributed by atoms with E-state index in [9.17, 15) is 19.2 Å². The van der Waals surface area contributed by atoms with Crippen molar-refractivity contribution >= 4 is 24.2 Å². The number of carbonyl (C=O) groups excluding carboxylic acids is 4. The van der Waals surface area contributed by atoms with Gasteiger partial charge >= 0.3 is 17.9 Å². The quantitative estimate of drug-likeness (QED) is 0.354. The predicted octanol–water partition coefficient (Wildman–Crippen LogP) is 0.230. The molecule has 1 radical (unpaired) electrons. The summed E-state index contributed by atoms with van der Waals surface area (Å²) in [7, 11) is 1.14. The van der Waals surface area contributed by atoms with Gasteiger partial charge < -0.3 is 25.7 Å². The lowest BCUT2D eigenvalue weighted by molar-refractivity contribution is -0.169. The highest BCUT2D eigenvalue weighted by molar-refractivity contribution is 5.80. The number of rotatable bonds is 12. The molecule has 0 aromatic carbocycles. The second kappa shape index (κ2) is 12.4. The SMILES string of the molecule is CCC(C)C(N)C(=O)OC([C]=O)C(CC(=O)OC)OC(=O)C(N)C(C)CC. The third-order valence-corrected chi connectivity index (χ3v) is 4.62. The summed E-state index contributed by atoms with van der Waals surface area (Å²) in [4.78, 5) is 47.3. The first kappa shape index (κ1) is 25.0. The molecule has 0 saturated heterocycles. The summed E-state index contributed by atoms with van der Waals surface area (Å²) in [5, 5.41) is 0. The van der Waals surface area contributed by atoms with Crippen LogP contribution in [-0.4, -0.2) is 55.6 Å². The Kier molecular flexibility index (Phi) is 11.5. The van der Waals surface area contributed by atoms with Crippen molar-refractivity contribution in [3.8, 4) is 0 Å².